The van der Waals surface area contributed by atoms with Crippen molar-refractivity contribution in [3.8, 4) is 0 Å². The Bertz CT molecular complexity index is 261. The first kappa shape index (κ1) is 14.5. The Kier molecular flexibility index (Phi) is 4.99. The van der Waals surface area contributed by atoms with Crippen LogP contribution >= 0.6 is 0 Å². The van der Waals surface area contributed by atoms with Gasteiger partial charge in [-0.1, -0.05) is 27.7 Å². The summed E-state index contributed by atoms with van der Waals surface area (Å²) >= 11 is 0. The molecule has 2 atom stereocenters. The molecule has 0 bridgehead atoms. The quantitative estimate of drug-likeness (QED) is 0.717. The molecule has 0 aliphatic heterocycles. The molecule has 3 N–H and O–H groups in total. The van der Waals surface area contributed by atoms with Gasteiger partial charge in [0.05, 0.1) is 0 Å². The second kappa shape index (κ2) is 5.85. The van der Waals surface area contributed by atoms with E-state index in [4.69, 9.17) is 5.73 Å². The highest BCUT2D eigenvalue weighted by Crippen LogP contribution is 2.44. The van der Waals surface area contributed by atoms with Gasteiger partial charge in [0.25, 0.3) is 0 Å². The number of amides is 1. The summed E-state index contributed by atoms with van der Waals surface area (Å²) in [7, 11) is 0. The van der Waals surface area contributed by atoms with Gasteiger partial charge in [-0.2, -0.15) is 0 Å². The van der Waals surface area contributed by atoms with Crippen molar-refractivity contribution in [1.82, 2.24) is 5.32 Å². The molecule has 0 saturated heterocycles. The second-order valence-corrected chi connectivity index (χ2v) is 6.43. The lowest BCUT2D eigenvalue weighted by Gasteiger charge is -2.19. The lowest BCUT2D eigenvalue weighted by molar-refractivity contribution is -0.121. The van der Waals surface area contributed by atoms with E-state index in [0.717, 1.165) is 25.8 Å². The largest absolute Gasteiger partial charge is 0.353 e. The zero-order valence-electron chi connectivity index (χ0n) is 11.8. The Balaban J connectivity index is 2.22. The van der Waals surface area contributed by atoms with Crippen LogP contribution in [0.15, 0.2) is 0 Å². The molecular formula is C14H28N2O. The third kappa shape index (κ3) is 4.66. The lowest BCUT2D eigenvalue weighted by Crippen LogP contribution is -2.29. The first-order valence-corrected chi connectivity index (χ1v) is 6.86. The van der Waals surface area contributed by atoms with Crippen molar-refractivity contribution in [2.45, 2.75) is 59.4 Å². The molecule has 3 nitrogen and oxygen atoms in total. The van der Waals surface area contributed by atoms with Gasteiger partial charge in [0.15, 0.2) is 0 Å². The maximum absolute atomic E-state index is 11.8. The highest BCUT2D eigenvalue weighted by molar-refractivity contribution is 5.76. The van der Waals surface area contributed by atoms with E-state index in [1.54, 1.807) is 0 Å². The summed E-state index contributed by atoms with van der Waals surface area (Å²) in [5, 5.41) is 3.11. The van der Waals surface area contributed by atoms with E-state index in [1.807, 2.05) is 0 Å². The Labute approximate surface area is 106 Å². The maximum Gasteiger partial charge on any atom is 0.220 e. The molecule has 1 fully saturated rings. The van der Waals surface area contributed by atoms with E-state index < -0.39 is 0 Å². The van der Waals surface area contributed by atoms with Gasteiger partial charge in [-0.05, 0) is 43.1 Å². The van der Waals surface area contributed by atoms with Gasteiger partial charge in [0.1, 0.15) is 0 Å². The van der Waals surface area contributed by atoms with Crippen molar-refractivity contribution >= 4 is 5.91 Å². The summed E-state index contributed by atoms with van der Waals surface area (Å²) in [6.45, 7) is 9.54. The highest BCUT2D eigenvalue weighted by Gasteiger charge is 2.46. The lowest BCUT2D eigenvalue weighted by atomic mass is 9.88. The molecule has 3 heteroatoms. The molecule has 1 aliphatic rings. The minimum atomic E-state index is 0.211. The predicted molar refractivity (Wildman–Crippen MR) is 71.6 cm³/mol. The second-order valence-electron chi connectivity index (χ2n) is 6.43. The Morgan fingerprint density at radius 3 is 2.41 bits per heavy atom. The SMILES string of the molecule is CC(C)C(CCN)CCC(=O)NC1CC1(C)C. The maximum atomic E-state index is 11.8. The van der Waals surface area contributed by atoms with Crippen LogP contribution < -0.4 is 11.1 Å². The van der Waals surface area contributed by atoms with Crippen LogP contribution in [0.3, 0.4) is 0 Å². The normalized spacial score (nSPS) is 23.5. The van der Waals surface area contributed by atoms with E-state index in [0.29, 0.717) is 29.7 Å². The molecule has 100 valence electrons. The van der Waals surface area contributed by atoms with Crippen LogP contribution in [0, 0.1) is 17.3 Å². The average Bonchev–Trinajstić information content (AvgIpc) is 2.80. The van der Waals surface area contributed by atoms with Crippen molar-refractivity contribution in [3.05, 3.63) is 0 Å². The van der Waals surface area contributed by atoms with Crippen LogP contribution in [0.4, 0.5) is 0 Å². The van der Waals surface area contributed by atoms with Gasteiger partial charge in [-0.25, -0.2) is 0 Å². The third-order valence-corrected chi connectivity index (χ3v) is 4.07. The van der Waals surface area contributed by atoms with Crippen molar-refractivity contribution in [2.75, 3.05) is 6.54 Å². The first-order chi connectivity index (χ1) is 7.86. The van der Waals surface area contributed by atoms with E-state index in [1.165, 1.54) is 0 Å². The van der Waals surface area contributed by atoms with Gasteiger partial charge >= 0.3 is 0 Å². The van der Waals surface area contributed by atoms with Crippen LogP contribution in [0.5, 0.6) is 0 Å². The van der Waals surface area contributed by atoms with Crippen molar-refractivity contribution < 1.29 is 4.79 Å². The Morgan fingerprint density at radius 1 is 1.41 bits per heavy atom. The van der Waals surface area contributed by atoms with Crippen LogP contribution in [0.2, 0.25) is 0 Å². The number of nitrogens with two attached hydrogens (primary N) is 1. The molecule has 1 aliphatic carbocycles. The molecule has 1 rings (SSSR count). The molecular weight excluding hydrogens is 212 g/mol. The van der Waals surface area contributed by atoms with Crippen molar-refractivity contribution in [2.24, 2.45) is 23.0 Å². The molecule has 17 heavy (non-hydrogen) atoms. The predicted octanol–water partition coefficient (Wildman–Crippen LogP) is 2.30. The topological polar surface area (TPSA) is 55.1 Å². The molecule has 1 amide bonds. The van der Waals surface area contributed by atoms with Gasteiger partial charge in [0.2, 0.25) is 5.91 Å². The molecule has 0 aromatic heterocycles. The molecule has 0 aromatic rings. The number of hydrogen-bond donors (Lipinski definition) is 2. The molecule has 0 radical (unpaired) electrons. The molecule has 2 unspecified atom stereocenters. The summed E-state index contributed by atoms with van der Waals surface area (Å²) in [4.78, 5) is 11.8. The van der Waals surface area contributed by atoms with Gasteiger partial charge in [-0.3, -0.25) is 4.79 Å². The van der Waals surface area contributed by atoms with Crippen molar-refractivity contribution in [3.63, 3.8) is 0 Å². The number of rotatable bonds is 7. The minimum Gasteiger partial charge on any atom is -0.353 e. The van der Waals surface area contributed by atoms with Crippen molar-refractivity contribution in [1.29, 1.82) is 0 Å². The smallest absolute Gasteiger partial charge is 0.220 e. The highest BCUT2D eigenvalue weighted by atomic mass is 16.1. The number of carbonyl (C=O) groups excluding carboxylic acids is 1. The van der Waals surface area contributed by atoms with Gasteiger partial charge in [-0.15, -0.1) is 0 Å². The molecule has 1 saturated carbocycles. The summed E-state index contributed by atoms with van der Waals surface area (Å²) in [5.74, 6) is 1.41. The van der Waals surface area contributed by atoms with E-state index >= 15 is 0 Å². The van der Waals surface area contributed by atoms with Gasteiger partial charge in [0, 0.05) is 12.5 Å². The standard InChI is InChI=1S/C14H28N2O/c1-10(2)11(7-8-15)5-6-13(17)16-12-9-14(12,3)4/h10-12H,5-9,15H2,1-4H3,(H,16,17). The fraction of sp³-hybridized carbons (Fsp3) is 0.929. The molecule has 0 heterocycles. The fourth-order valence-electron chi connectivity index (χ4n) is 2.32. The Hall–Kier alpha value is -0.570. The van der Waals surface area contributed by atoms with Crippen LogP contribution in [-0.4, -0.2) is 18.5 Å². The van der Waals surface area contributed by atoms with E-state index in [-0.39, 0.29) is 5.91 Å². The summed E-state index contributed by atoms with van der Waals surface area (Å²) in [6.07, 6.45) is 3.76. The number of hydrogen-bond acceptors (Lipinski definition) is 2. The van der Waals surface area contributed by atoms with Crippen LogP contribution in [0.1, 0.15) is 53.4 Å². The monoisotopic (exact) mass is 240 g/mol. The number of nitrogens with one attached hydrogen (secondary N) is 1. The third-order valence-electron chi connectivity index (χ3n) is 4.07. The molecule has 0 spiro atoms. The Morgan fingerprint density at radius 2 is 2.00 bits per heavy atom. The fourth-order valence-corrected chi connectivity index (χ4v) is 2.32. The summed E-state index contributed by atoms with van der Waals surface area (Å²) < 4.78 is 0. The first-order valence-electron chi connectivity index (χ1n) is 6.86. The summed E-state index contributed by atoms with van der Waals surface area (Å²) in [6, 6.07) is 0.405. The summed E-state index contributed by atoms with van der Waals surface area (Å²) in [5.41, 5.74) is 5.92. The van der Waals surface area contributed by atoms with E-state index in [9.17, 15) is 4.79 Å². The zero-order valence-corrected chi connectivity index (χ0v) is 11.8. The zero-order chi connectivity index (χ0) is 13.1. The van der Waals surface area contributed by atoms with E-state index in [2.05, 4.69) is 33.0 Å². The molecule has 0 aromatic carbocycles. The average molecular weight is 240 g/mol. The number of carbonyl (C=O) groups is 1. The van der Waals surface area contributed by atoms with Gasteiger partial charge < -0.3 is 11.1 Å². The minimum absolute atomic E-state index is 0.211. The van der Waals surface area contributed by atoms with Crippen LogP contribution in [0.25, 0.3) is 0 Å². The van der Waals surface area contributed by atoms with Crippen LogP contribution in [-0.2, 0) is 4.79 Å².